The summed E-state index contributed by atoms with van der Waals surface area (Å²) in [7, 11) is -3.91. The number of ether oxygens (including phenoxy) is 1. The lowest BCUT2D eigenvalue weighted by atomic mass is 10.0. The zero-order valence-electron chi connectivity index (χ0n) is 16.5. The van der Waals surface area contributed by atoms with E-state index < -0.39 is 10.0 Å². The molecule has 3 aromatic carbocycles. The van der Waals surface area contributed by atoms with Crippen LogP contribution in [-0.2, 0) is 10.0 Å². The summed E-state index contributed by atoms with van der Waals surface area (Å²) in [5, 5.41) is 0.339. The van der Waals surface area contributed by atoms with Crippen LogP contribution in [0.4, 0.5) is 5.69 Å². The van der Waals surface area contributed by atoms with Crippen molar-refractivity contribution in [3.8, 4) is 5.75 Å². The summed E-state index contributed by atoms with van der Waals surface area (Å²) in [4.78, 5) is 13.0. The molecule has 5 nitrogen and oxygen atoms in total. The van der Waals surface area contributed by atoms with Crippen LogP contribution >= 0.6 is 11.6 Å². The SMILES string of the molecule is CCCCOc1ccc(S(=O)(=O)Nc2ccc(Cl)cc2C(=O)c2ccccc2)cc1. The van der Waals surface area contributed by atoms with E-state index in [1.807, 2.05) is 0 Å². The highest BCUT2D eigenvalue weighted by Crippen LogP contribution is 2.26. The molecule has 3 rings (SSSR count). The highest BCUT2D eigenvalue weighted by Gasteiger charge is 2.20. The van der Waals surface area contributed by atoms with Crippen molar-refractivity contribution >= 4 is 33.1 Å². The zero-order valence-corrected chi connectivity index (χ0v) is 18.0. The van der Waals surface area contributed by atoms with Gasteiger partial charge in [-0.1, -0.05) is 55.3 Å². The first kappa shape index (κ1) is 21.9. The van der Waals surface area contributed by atoms with E-state index in [0.717, 1.165) is 12.8 Å². The van der Waals surface area contributed by atoms with Gasteiger partial charge in [-0.3, -0.25) is 9.52 Å². The predicted molar refractivity (Wildman–Crippen MR) is 119 cm³/mol. The maximum Gasteiger partial charge on any atom is 0.261 e. The molecule has 0 saturated heterocycles. The maximum atomic E-state index is 12.9. The number of ketones is 1. The number of nitrogens with one attached hydrogen (secondary N) is 1. The predicted octanol–water partition coefficient (Wildman–Crippen LogP) is 5.55. The van der Waals surface area contributed by atoms with Crippen molar-refractivity contribution in [3.63, 3.8) is 0 Å². The first-order chi connectivity index (χ1) is 14.4. The normalized spacial score (nSPS) is 11.1. The van der Waals surface area contributed by atoms with Crippen LogP contribution in [-0.4, -0.2) is 20.8 Å². The maximum absolute atomic E-state index is 12.9. The summed E-state index contributed by atoms with van der Waals surface area (Å²) in [5.74, 6) is 0.282. The largest absolute Gasteiger partial charge is 0.494 e. The minimum absolute atomic E-state index is 0.0680. The Balaban J connectivity index is 1.85. The van der Waals surface area contributed by atoms with Crippen molar-refractivity contribution in [1.29, 1.82) is 0 Å². The molecule has 0 fully saturated rings. The molecule has 0 saturated carbocycles. The molecule has 0 amide bonds. The Morgan fingerprint density at radius 3 is 2.37 bits per heavy atom. The van der Waals surface area contributed by atoms with E-state index >= 15 is 0 Å². The summed E-state index contributed by atoms with van der Waals surface area (Å²) >= 11 is 6.06. The molecule has 156 valence electrons. The van der Waals surface area contributed by atoms with Crippen molar-refractivity contribution in [2.45, 2.75) is 24.7 Å². The number of sulfonamides is 1. The molecule has 0 bridgehead atoms. The van der Waals surface area contributed by atoms with Crippen molar-refractivity contribution in [2.24, 2.45) is 0 Å². The van der Waals surface area contributed by atoms with E-state index in [2.05, 4.69) is 11.6 Å². The number of benzene rings is 3. The van der Waals surface area contributed by atoms with Crippen LogP contribution in [0, 0.1) is 0 Å². The molecule has 0 aliphatic carbocycles. The molecule has 0 aliphatic rings. The molecule has 1 N–H and O–H groups in total. The van der Waals surface area contributed by atoms with Gasteiger partial charge in [-0.2, -0.15) is 0 Å². The summed E-state index contributed by atoms with van der Waals surface area (Å²) < 4.78 is 33.8. The van der Waals surface area contributed by atoms with Crippen molar-refractivity contribution in [3.05, 3.63) is 88.9 Å². The molecular formula is C23H22ClNO4S. The number of halogens is 1. The third kappa shape index (κ3) is 5.40. The van der Waals surface area contributed by atoms with E-state index in [1.165, 1.54) is 30.3 Å². The third-order valence-corrected chi connectivity index (χ3v) is 6.02. The van der Waals surface area contributed by atoms with E-state index in [-0.39, 0.29) is 21.9 Å². The molecule has 7 heteroatoms. The van der Waals surface area contributed by atoms with Crippen LogP contribution in [0.1, 0.15) is 35.7 Å². The lowest BCUT2D eigenvalue weighted by Crippen LogP contribution is -2.16. The number of hydrogen-bond donors (Lipinski definition) is 1. The molecule has 0 unspecified atom stereocenters. The molecule has 0 spiro atoms. The Kier molecular flexibility index (Phi) is 7.13. The van der Waals surface area contributed by atoms with Gasteiger partial charge in [-0.05, 0) is 48.9 Å². The summed E-state index contributed by atoms with van der Waals surface area (Å²) in [6.45, 7) is 2.65. The second-order valence-electron chi connectivity index (χ2n) is 6.66. The molecule has 0 aliphatic heterocycles. The first-order valence-corrected chi connectivity index (χ1v) is 11.4. The second-order valence-corrected chi connectivity index (χ2v) is 8.78. The van der Waals surface area contributed by atoms with Gasteiger partial charge in [0.1, 0.15) is 5.75 Å². The highest BCUT2D eigenvalue weighted by molar-refractivity contribution is 7.92. The molecule has 0 aromatic heterocycles. The number of carbonyl (C=O) groups is 1. The molecule has 0 atom stereocenters. The van der Waals surface area contributed by atoms with Gasteiger partial charge in [0.25, 0.3) is 10.0 Å². The fourth-order valence-electron chi connectivity index (χ4n) is 2.79. The van der Waals surface area contributed by atoms with Gasteiger partial charge >= 0.3 is 0 Å². The lowest BCUT2D eigenvalue weighted by molar-refractivity contribution is 0.103. The number of hydrogen-bond acceptors (Lipinski definition) is 4. The summed E-state index contributed by atoms with van der Waals surface area (Å²) in [5.41, 5.74) is 0.780. The van der Waals surface area contributed by atoms with E-state index in [1.54, 1.807) is 42.5 Å². The Morgan fingerprint density at radius 2 is 1.70 bits per heavy atom. The lowest BCUT2D eigenvalue weighted by Gasteiger charge is -2.13. The van der Waals surface area contributed by atoms with Crippen LogP contribution in [0.2, 0.25) is 5.02 Å². The number of rotatable bonds is 9. The number of anilines is 1. The average molecular weight is 444 g/mol. The highest BCUT2D eigenvalue weighted by atomic mass is 35.5. The van der Waals surface area contributed by atoms with Gasteiger partial charge in [0, 0.05) is 16.1 Å². The fourth-order valence-corrected chi connectivity index (χ4v) is 4.04. The van der Waals surface area contributed by atoms with Crippen molar-refractivity contribution in [1.82, 2.24) is 0 Å². The number of carbonyl (C=O) groups excluding carboxylic acids is 1. The van der Waals surface area contributed by atoms with E-state index in [9.17, 15) is 13.2 Å². The molecule has 0 heterocycles. The Labute approximate surface area is 181 Å². The van der Waals surface area contributed by atoms with Gasteiger partial charge in [0.15, 0.2) is 5.78 Å². The van der Waals surface area contributed by atoms with Gasteiger partial charge in [0.05, 0.1) is 17.2 Å². The van der Waals surface area contributed by atoms with Gasteiger partial charge in [-0.15, -0.1) is 0 Å². The average Bonchev–Trinajstić information content (AvgIpc) is 2.75. The zero-order chi connectivity index (χ0) is 21.6. The van der Waals surface area contributed by atoms with E-state index in [0.29, 0.717) is 22.9 Å². The smallest absolute Gasteiger partial charge is 0.261 e. The second kappa shape index (κ2) is 9.78. The fraction of sp³-hybridized carbons (Fsp3) is 0.174. The standard InChI is InChI=1S/C23H22ClNO4S/c1-2-3-15-29-19-10-12-20(13-11-19)30(27,28)25-22-14-9-18(24)16-21(22)23(26)17-7-5-4-6-8-17/h4-14,16,25H,2-3,15H2,1H3. The van der Waals surface area contributed by atoms with Gasteiger partial charge in [0.2, 0.25) is 0 Å². The summed E-state index contributed by atoms with van der Waals surface area (Å²) in [6.07, 6.45) is 1.94. The quantitative estimate of drug-likeness (QED) is 0.347. The number of unbranched alkanes of at least 4 members (excludes halogenated alkanes) is 1. The molecule has 3 aromatic rings. The van der Waals surface area contributed by atoms with Crippen molar-refractivity contribution < 1.29 is 17.9 Å². The summed E-state index contributed by atoms with van der Waals surface area (Å²) in [6, 6.07) is 19.3. The van der Waals surface area contributed by atoms with Crippen LogP contribution in [0.5, 0.6) is 5.75 Å². The van der Waals surface area contributed by atoms with Crippen LogP contribution in [0.25, 0.3) is 0 Å². The van der Waals surface area contributed by atoms with Gasteiger partial charge in [-0.25, -0.2) is 8.42 Å². The van der Waals surface area contributed by atoms with Crippen LogP contribution in [0.3, 0.4) is 0 Å². The molecule has 0 radical (unpaired) electrons. The van der Waals surface area contributed by atoms with Gasteiger partial charge < -0.3 is 4.74 Å². The minimum Gasteiger partial charge on any atom is -0.494 e. The topological polar surface area (TPSA) is 72.5 Å². The monoisotopic (exact) mass is 443 g/mol. The molecular weight excluding hydrogens is 422 g/mol. The Bertz CT molecular complexity index is 1110. The minimum atomic E-state index is -3.91. The van der Waals surface area contributed by atoms with Crippen molar-refractivity contribution in [2.75, 3.05) is 11.3 Å². The van der Waals surface area contributed by atoms with E-state index in [4.69, 9.17) is 16.3 Å². The first-order valence-electron chi connectivity index (χ1n) is 9.55. The Morgan fingerprint density at radius 1 is 1.00 bits per heavy atom. The molecule has 30 heavy (non-hydrogen) atoms. The third-order valence-electron chi connectivity index (χ3n) is 4.41. The Hall–Kier alpha value is -2.83. The van der Waals surface area contributed by atoms with Crippen LogP contribution in [0.15, 0.2) is 77.7 Å². The van der Waals surface area contributed by atoms with Crippen LogP contribution < -0.4 is 9.46 Å².